The van der Waals surface area contributed by atoms with Gasteiger partial charge in [0.15, 0.2) is 0 Å². The molecule has 0 bridgehead atoms. The number of nitrogens with one attached hydrogen (secondary N) is 1. The van der Waals surface area contributed by atoms with Crippen molar-refractivity contribution in [3.63, 3.8) is 0 Å². The van der Waals surface area contributed by atoms with E-state index < -0.39 is 0 Å². The molecule has 1 rings (SSSR count). The largest absolute Gasteiger partial charge is 0.311 e. The number of hydrogen-bond donors (Lipinski definition) is 1. The Morgan fingerprint density at radius 3 is 2.93 bits per heavy atom. The lowest BCUT2D eigenvalue weighted by molar-refractivity contribution is 0.142. The van der Waals surface area contributed by atoms with Gasteiger partial charge in [0.25, 0.3) is 0 Å². The molecular formula is C12H22N2. The van der Waals surface area contributed by atoms with Crippen LogP contribution in [0.4, 0.5) is 0 Å². The molecule has 1 saturated heterocycles. The van der Waals surface area contributed by atoms with Gasteiger partial charge in [0.2, 0.25) is 0 Å². The SMILES string of the molecule is CC#CCCN1CC(CC)NCC1C. The lowest BCUT2D eigenvalue weighted by Crippen LogP contribution is -2.55. The second-order valence-electron chi connectivity index (χ2n) is 4.03. The average Bonchev–Trinajstić information content (AvgIpc) is 2.21. The maximum atomic E-state index is 3.56. The molecule has 80 valence electrons. The molecule has 1 aliphatic rings. The molecule has 0 aromatic carbocycles. The maximum absolute atomic E-state index is 3.56. The highest BCUT2D eigenvalue weighted by molar-refractivity contribution is 4.96. The molecule has 0 aromatic heterocycles. The van der Waals surface area contributed by atoms with Crippen molar-refractivity contribution in [3.05, 3.63) is 0 Å². The van der Waals surface area contributed by atoms with Crippen LogP contribution >= 0.6 is 0 Å². The highest BCUT2D eigenvalue weighted by atomic mass is 15.2. The Morgan fingerprint density at radius 2 is 2.29 bits per heavy atom. The molecule has 14 heavy (non-hydrogen) atoms. The van der Waals surface area contributed by atoms with Gasteiger partial charge in [0.05, 0.1) is 0 Å². The normalized spacial score (nSPS) is 28.2. The molecule has 0 saturated carbocycles. The van der Waals surface area contributed by atoms with Crippen LogP contribution in [-0.4, -0.2) is 36.6 Å². The smallest absolute Gasteiger partial charge is 0.0217 e. The van der Waals surface area contributed by atoms with Crippen molar-refractivity contribution in [1.29, 1.82) is 0 Å². The number of piperazine rings is 1. The predicted octanol–water partition coefficient (Wildman–Crippen LogP) is 1.47. The Labute approximate surface area is 88.1 Å². The summed E-state index contributed by atoms with van der Waals surface area (Å²) in [5.74, 6) is 6.09. The number of nitrogens with zero attached hydrogens (tertiary/aromatic N) is 1. The van der Waals surface area contributed by atoms with Crippen molar-refractivity contribution in [2.75, 3.05) is 19.6 Å². The van der Waals surface area contributed by atoms with Crippen molar-refractivity contribution in [1.82, 2.24) is 10.2 Å². The standard InChI is InChI=1S/C12H22N2/c1-4-6-7-8-14-10-12(5-2)13-9-11(14)3/h11-13H,5,7-10H2,1-3H3. The van der Waals surface area contributed by atoms with Crippen molar-refractivity contribution < 1.29 is 0 Å². The molecule has 2 atom stereocenters. The summed E-state index contributed by atoms with van der Waals surface area (Å²) in [7, 11) is 0. The van der Waals surface area contributed by atoms with Crippen LogP contribution in [0.1, 0.15) is 33.6 Å². The first kappa shape index (κ1) is 11.6. The fourth-order valence-corrected chi connectivity index (χ4v) is 1.90. The second kappa shape index (κ2) is 6.06. The average molecular weight is 194 g/mol. The zero-order valence-electron chi connectivity index (χ0n) is 9.64. The monoisotopic (exact) mass is 194 g/mol. The third kappa shape index (κ3) is 3.32. The molecule has 0 aromatic rings. The fourth-order valence-electron chi connectivity index (χ4n) is 1.90. The summed E-state index contributed by atoms with van der Waals surface area (Å²) in [5, 5.41) is 3.56. The summed E-state index contributed by atoms with van der Waals surface area (Å²) < 4.78 is 0. The van der Waals surface area contributed by atoms with E-state index in [0.717, 1.165) is 19.5 Å². The highest BCUT2D eigenvalue weighted by Gasteiger charge is 2.22. The minimum Gasteiger partial charge on any atom is -0.311 e. The van der Waals surface area contributed by atoms with E-state index in [2.05, 4.69) is 35.9 Å². The first-order valence-corrected chi connectivity index (χ1v) is 5.65. The Morgan fingerprint density at radius 1 is 1.50 bits per heavy atom. The predicted molar refractivity (Wildman–Crippen MR) is 61.2 cm³/mol. The Bertz CT molecular complexity index is 214. The van der Waals surface area contributed by atoms with Crippen molar-refractivity contribution >= 4 is 0 Å². The van der Waals surface area contributed by atoms with Gasteiger partial charge >= 0.3 is 0 Å². The third-order valence-corrected chi connectivity index (χ3v) is 2.97. The fraction of sp³-hybridized carbons (Fsp3) is 0.833. The van der Waals surface area contributed by atoms with Crippen LogP contribution in [0, 0.1) is 11.8 Å². The summed E-state index contributed by atoms with van der Waals surface area (Å²) in [5.41, 5.74) is 0. The van der Waals surface area contributed by atoms with E-state index in [1.807, 2.05) is 6.92 Å². The molecule has 1 N–H and O–H groups in total. The lowest BCUT2D eigenvalue weighted by atomic mass is 10.1. The minimum absolute atomic E-state index is 0.663. The molecule has 2 heteroatoms. The zero-order chi connectivity index (χ0) is 10.4. The second-order valence-corrected chi connectivity index (χ2v) is 4.03. The Hall–Kier alpha value is -0.520. The topological polar surface area (TPSA) is 15.3 Å². The molecule has 0 radical (unpaired) electrons. The van der Waals surface area contributed by atoms with Crippen LogP contribution in [0.25, 0.3) is 0 Å². The van der Waals surface area contributed by atoms with E-state index in [9.17, 15) is 0 Å². The summed E-state index contributed by atoms with van der Waals surface area (Å²) in [6, 6.07) is 1.34. The van der Waals surface area contributed by atoms with E-state index in [4.69, 9.17) is 0 Å². The first-order chi connectivity index (χ1) is 6.77. The quantitative estimate of drug-likeness (QED) is 0.685. The summed E-state index contributed by atoms with van der Waals surface area (Å²) >= 11 is 0. The van der Waals surface area contributed by atoms with Crippen LogP contribution in [0.5, 0.6) is 0 Å². The molecule has 2 nitrogen and oxygen atoms in total. The van der Waals surface area contributed by atoms with Gasteiger partial charge in [-0.3, -0.25) is 4.90 Å². The summed E-state index contributed by atoms with van der Waals surface area (Å²) in [6.45, 7) is 9.88. The van der Waals surface area contributed by atoms with Crippen molar-refractivity contribution in [2.24, 2.45) is 0 Å². The van der Waals surface area contributed by atoms with Gasteiger partial charge in [-0.05, 0) is 20.3 Å². The van der Waals surface area contributed by atoms with Gasteiger partial charge in [0.1, 0.15) is 0 Å². The molecule has 0 aliphatic carbocycles. The van der Waals surface area contributed by atoms with E-state index in [0.29, 0.717) is 12.1 Å². The van der Waals surface area contributed by atoms with Gasteiger partial charge in [-0.15, -0.1) is 11.8 Å². The third-order valence-electron chi connectivity index (χ3n) is 2.97. The Balaban J connectivity index is 2.34. The molecule has 1 fully saturated rings. The number of hydrogen-bond acceptors (Lipinski definition) is 2. The molecular weight excluding hydrogens is 172 g/mol. The van der Waals surface area contributed by atoms with Crippen LogP contribution in [0.2, 0.25) is 0 Å². The van der Waals surface area contributed by atoms with E-state index in [1.54, 1.807) is 0 Å². The van der Waals surface area contributed by atoms with Crippen LogP contribution in [-0.2, 0) is 0 Å². The van der Waals surface area contributed by atoms with Crippen LogP contribution in [0.15, 0.2) is 0 Å². The molecule has 1 aliphatic heterocycles. The van der Waals surface area contributed by atoms with Gasteiger partial charge < -0.3 is 5.32 Å². The van der Waals surface area contributed by atoms with E-state index in [-0.39, 0.29) is 0 Å². The van der Waals surface area contributed by atoms with Gasteiger partial charge in [0, 0.05) is 38.1 Å². The Kier molecular flexibility index (Phi) is 5.00. The van der Waals surface area contributed by atoms with E-state index in [1.165, 1.54) is 13.0 Å². The molecule has 0 spiro atoms. The van der Waals surface area contributed by atoms with Crippen LogP contribution < -0.4 is 5.32 Å². The van der Waals surface area contributed by atoms with E-state index >= 15 is 0 Å². The van der Waals surface area contributed by atoms with Crippen LogP contribution in [0.3, 0.4) is 0 Å². The van der Waals surface area contributed by atoms with Gasteiger partial charge in [-0.25, -0.2) is 0 Å². The van der Waals surface area contributed by atoms with Gasteiger partial charge in [-0.2, -0.15) is 0 Å². The van der Waals surface area contributed by atoms with Crippen molar-refractivity contribution in [3.8, 4) is 11.8 Å². The number of rotatable bonds is 3. The lowest BCUT2D eigenvalue weighted by Gasteiger charge is -2.38. The summed E-state index contributed by atoms with van der Waals surface area (Å²) in [6.07, 6.45) is 2.24. The first-order valence-electron chi connectivity index (χ1n) is 5.65. The molecule has 0 amide bonds. The molecule has 2 unspecified atom stereocenters. The highest BCUT2D eigenvalue weighted by Crippen LogP contribution is 2.08. The zero-order valence-corrected chi connectivity index (χ0v) is 9.64. The van der Waals surface area contributed by atoms with Crippen molar-refractivity contribution in [2.45, 2.75) is 45.7 Å². The molecule has 1 heterocycles. The van der Waals surface area contributed by atoms with Gasteiger partial charge in [-0.1, -0.05) is 6.92 Å². The maximum Gasteiger partial charge on any atom is 0.0217 e. The minimum atomic E-state index is 0.663. The summed E-state index contributed by atoms with van der Waals surface area (Å²) in [4.78, 5) is 2.55.